The molecular weight excluding hydrogens is 268 g/mol. The normalized spacial score (nSPS) is 32.1. The Morgan fingerprint density at radius 3 is 2.43 bits per heavy atom. The molecular formula is C16H26N2O3. The van der Waals surface area contributed by atoms with Crippen LogP contribution in [-0.4, -0.2) is 48.1 Å². The Morgan fingerprint density at radius 2 is 2.00 bits per heavy atom. The molecule has 1 aliphatic heterocycles. The van der Waals surface area contributed by atoms with Crippen LogP contribution in [0.25, 0.3) is 0 Å². The van der Waals surface area contributed by atoms with Gasteiger partial charge in [0, 0.05) is 7.11 Å². The molecule has 0 spiro atoms. The van der Waals surface area contributed by atoms with E-state index >= 15 is 0 Å². The van der Waals surface area contributed by atoms with Crippen LogP contribution in [0, 0.1) is 11.8 Å². The molecule has 118 valence electrons. The molecule has 1 N–H and O–H groups in total. The third-order valence-corrected chi connectivity index (χ3v) is 5.33. The van der Waals surface area contributed by atoms with E-state index < -0.39 is 0 Å². The van der Waals surface area contributed by atoms with Gasteiger partial charge in [-0.1, -0.05) is 13.8 Å². The minimum Gasteiger partial charge on any atom is -0.376 e. The zero-order valence-electron chi connectivity index (χ0n) is 13.2. The van der Waals surface area contributed by atoms with Crippen molar-refractivity contribution in [2.75, 3.05) is 13.7 Å². The molecule has 2 saturated carbocycles. The highest BCUT2D eigenvalue weighted by atomic mass is 16.5. The van der Waals surface area contributed by atoms with E-state index in [4.69, 9.17) is 4.74 Å². The SMILES string of the molecule is COC1(CN2C(=O)C(C3CC3)NC(=O)C2C(C)C)CCC1. The maximum Gasteiger partial charge on any atom is 0.246 e. The highest BCUT2D eigenvalue weighted by Crippen LogP contribution is 2.39. The predicted molar refractivity (Wildman–Crippen MR) is 78.6 cm³/mol. The van der Waals surface area contributed by atoms with Gasteiger partial charge in [0.2, 0.25) is 11.8 Å². The van der Waals surface area contributed by atoms with E-state index in [-0.39, 0.29) is 35.4 Å². The van der Waals surface area contributed by atoms with Crippen LogP contribution in [-0.2, 0) is 14.3 Å². The van der Waals surface area contributed by atoms with Gasteiger partial charge in [0.05, 0.1) is 12.1 Å². The number of piperazine rings is 1. The molecule has 1 saturated heterocycles. The minimum absolute atomic E-state index is 0.00655. The third kappa shape index (κ3) is 2.56. The fourth-order valence-electron chi connectivity index (χ4n) is 3.65. The molecule has 3 aliphatic rings. The Hall–Kier alpha value is -1.10. The van der Waals surface area contributed by atoms with Crippen molar-refractivity contribution < 1.29 is 14.3 Å². The minimum atomic E-state index is -0.361. The molecule has 3 fully saturated rings. The van der Waals surface area contributed by atoms with Gasteiger partial charge in [-0.3, -0.25) is 9.59 Å². The summed E-state index contributed by atoms with van der Waals surface area (Å²) in [6.45, 7) is 4.56. The lowest BCUT2D eigenvalue weighted by atomic mass is 9.78. The van der Waals surface area contributed by atoms with E-state index in [1.807, 2.05) is 18.7 Å². The van der Waals surface area contributed by atoms with Gasteiger partial charge < -0.3 is 15.0 Å². The van der Waals surface area contributed by atoms with E-state index in [0.29, 0.717) is 12.5 Å². The first kappa shape index (κ1) is 14.8. The first-order chi connectivity index (χ1) is 9.97. The second-order valence-electron chi connectivity index (χ2n) is 7.22. The molecule has 0 aromatic carbocycles. The molecule has 0 bridgehead atoms. The summed E-state index contributed by atoms with van der Waals surface area (Å²) < 4.78 is 5.67. The number of hydrogen-bond acceptors (Lipinski definition) is 3. The zero-order valence-corrected chi connectivity index (χ0v) is 13.2. The summed E-state index contributed by atoms with van der Waals surface area (Å²) in [6, 6.07) is -0.665. The molecule has 21 heavy (non-hydrogen) atoms. The van der Waals surface area contributed by atoms with Gasteiger partial charge in [-0.15, -0.1) is 0 Å². The summed E-state index contributed by atoms with van der Waals surface area (Å²) in [5, 5.41) is 2.96. The molecule has 5 heteroatoms. The fourth-order valence-corrected chi connectivity index (χ4v) is 3.65. The van der Waals surface area contributed by atoms with Gasteiger partial charge in [-0.2, -0.15) is 0 Å². The molecule has 2 unspecified atom stereocenters. The maximum absolute atomic E-state index is 12.9. The van der Waals surface area contributed by atoms with Crippen LogP contribution in [0.4, 0.5) is 0 Å². The molecule has 2 amide bonds. The Labute approximate surface area is 126 Å². The van der Waals surface area contributed by atoms with Crippen LogP contribution in [0.1, 0.15) is 46.0 Å². The summed E-state index contributed by atoms with van der Waals surface area (Å²) >= 11 is 0. The van der Waals surface area contributed by atoms with E-state index in [9.17, 15) is 9.59 Å². The van der Waals surface area contributed by atoms with Crippen molar-refractivity contribution in [3.63, 3.8) is 0 Å². The molecule has 0 radical (unpaired) electrons. The van der Waals surface area contributed by atoms with Gasteiger partial charge in [0.1, 0.15) is 12.1 Å². The van der Waals surface area contributed by atoms with Crippen molar-refractivity contribution in [3.05, 3.63) is 0 Å². The molecule has 0 aromatic rings. The first-order valence-corrected chi connectivity index (χ1v) is 8.13. The van der Waals surface area contributed by atoms with Gasteiger partial charge in [-0.05, 0) is 43.9 Å². The van der Waals surface area contributed by atoms with Crippen molar-refractivity contribution in [1.29, 1.82) is 0 Å². The topological polar surface area (TPSA) is 58.6 Å². The van der Waals surface area contributed by atoms with Crippen LogP contribution in [0.5, 0.6) is 0 Å². The number of carbonyl (C=O) groups excluding carboxylic acids is 2. The number of rotatable bonds is 5. The lowest BCUT2D eigenvalue weighted by Gasteiger charge is -2.48. The maximum atomic E-state index is 12.9. The number of amides is 2. The number of methoxy groups -OCH3 is 1. The van der Waals surface area contributed by atoms with Gasteiger partial charge in [-0.25, -0.2) is 0 Å². The largest absolute Gasteiger partial charge is 0.376 e. The Balaban J connectivity index is 1.83. The number of nitrogens with one attached hydrogen (secondary N) is 1. The fraction of sp³-hybridized carbons (Fsp3) is 0.875. The second-order valence-corrected chi connectivity index (χ2v) is 7.22. The quantitative estimate of drug-likeness (QED) is 0.832. The molecule has 1 heterocycles. The van der Waals surface area contributed by atoms with E-state index in [0.717, 1.165) is 32.1 Å². The summed E-state index contributed by atoms with van der Waals surface area (Å²) in [7, 11) is 1.72. The Kier molecular flexibility index (Phi) is 3.72. The average Bonchev–Trinajstić information content (AvgIpc) is 3.20. The number of carbonyl (C=O) groups is 2. The van der Waals surface area contributed by atoms with Crippen LogP contribution in [0.15, 0.2) is 0 Å². The predicted octanol–water partition coefficient (Wildman–Crippen LogP) is 1.32. The molecule has 0 aromatic heterocycles. The van der Waals surface area contributed by atoms with Crippen LogP contribution >= 0.6 is 0 Å². The first-order valence-electron chi connectivity index (χ1n) is 8.13. The monoisotopic (exact) mass is 294 g/mol. The Morgan fingerprint density at radius 1 is 1.33 bits per heavy atom. The molecule has 5 nitrogen and oxygen atoms in total. The summed E-state index contributed by atoms with van der Waals surface area (Å²) in [5.41, 5.74) is -0.228. The highest BCUT2D eigenvalue weighted by molar-refractivity contribution is 5.97. The van der Waals surface area contributed by atoms with Crippen LogP contribution < -0.4 is 5.32 Å². The number of ether oxygens (including phenoxy) is 1. The van der Waals surface area contributed by atoms with Crippen LogP contribution in [0.3, 0.4) is 0 Å². The molecule has 2 aliphatic carbocycles. The van der Waals surface area contributed by atoms with E-state index in [1.165, 1.54) is 0 Å². The molecule has 2 atom stereocenters. The van der Waals surface area contributed by atoms with Gasteiger partial charge in [0.25, 0.3) is 0 Å². The second kappa shape index (κ2) is 5.27. The van der Waals surface area contributed by atoms with Crippen molar-refractivity contribution in [2.45, 2.75) is 63.6 Å². The number of hydrogen-bond donors (Lipinski definition) is 1. The summed E-state index contributed by atoms with van der Waals surface area (Å²) in [6.07, 6.45) is 5.20. The van der Waals surface area contributed by atoms with E-state index in [1.54, 1.807) is 7.11 Å². The standard InChI is InChI=1S/C16H26N2O3/c1-10(2)13-14(19)17-12(11-5-6-11)15(20)18(13)9-16(21-3)7-4-8-16/h10-13H,4-9H2,1-3H3,(H,17,19). The average molecular weight is 294 g/mol. The van der Waals surface area contributed by atoms with Gasteiger partial charge >= 0.3 is 0 Å². The summed E-state index contributed by atoms with van der Waals surface area (Å²) in [5.74, 6) is 0.561. The lowest BCUT2D eigenvalue weighted by Crippen LogP contribution is -2.68. The molecule has 3 rings (SSSR count). The highest BCUT2D eigenvalue weighted by Gasteiger charge is 2.50. The Bertz CT molecular complexity index is 435. The van der Waals surface area contributed by atoms with Crippen molar-refractivity contribution in [1.82, 2.24) is 10.2 Å². The van der Waals surface area contributed by atoms with Crippen molar-refractivity contribution in [3.8, 4) is 0 Å². The smallest absolute Gasteiger partial charge is 0.246 e. The van der Waals surface area contributed by atoms with Crippen LogP contribution in [0.2, 0.25) is 0 Å². The number of nitrogens with zero attached hydrogens (tertiary/aromatic N) is 1. The zero-order chi connectivity index (χ0) is 15.2. The summed E-state index contributed by atoms with van der Waals surface area (Å²) in [4.78, 5) is 27.1. The van der Waals surface area contributed by atoms with E-state index in [2.05, 4.69) is 5.32 Å². The van der Waals surface area contributed by atoms with Crippen molar-refractivity contribution >= 4 is 11.8 Å². The third-order valence-electron chi connectivity index (χ3n) is 5.33. The lowest BCUT2D eigenvalue weighted by molar-refractivity contribution is -0.161. The van der Waals surface area contributed by atoms with Gasteiger partial charge in [0.15, 0.2) is 0 Å². The van der Waals surface area contributed by atoms with Crippen molar-refractivity contribution in [2.24, 2.45) is 11.8 Å².